The van der Waals surface area contributed by atoms with E-state index >= 15 is 0 Å². The largest absolute Gasteiger partial charge is 0.494 e. The van der Waals surface area contributed by atoms with Crippen molar-refractivity contribution in [3.8, 4) is 17.2 Å². The Morgan fingerprint density at radius 2 is 1.73 bits per heavy atom. The van der Waals surface area contributed by atoms with Gasteiger partial charge in [-0.15, -0.1) is 0 Å². The number of ether oxygens (including phenoxy) is 3. The summed E-state index contributed by atoms with van der Waals surface area (Å²) in [6.45, 7) is 7.04. The van der Waals surface area contributed by atoms with Crippen molar-refractivity contribution in [2.24, 2.45) is 4.99 Å². The van der Waals surface area contributed by atoms with Gasteiger partial charge in [-0.05, 0) is 67.6 Å². The molecule has 1 amide bonds. The van der Waals surface area contributed by atoms with E-state index in [-0.39, 0.29) is 5.91 Å². The van der Waals surface area contributed by atoms with E-state index in [1.54, 1.807) is 18.1 Å². The first-order valence-corrected chi connectivity index (χ1v) is 10.9. The zero-order valence-electron chi connectivity index (χ0n) is 17.7. The second kappa shape index (κ2) is 10.2. The van der Waals surface area contributed by atoms with E-state index in [1.165, 1.54) is 11.8 Å². The number of thioether (sulfide) groups is 1. The normalized spacial score (nSPS) is 14.8. The van der Waals surface area contributed by atoms with Crippen LogP contribution in [0.5, 0.6) is 17.2 Å². The molecule has 1 heterocycles. The summed E-state index contributed by atoms with van der Waals surface area (Å²) >= 11 is 1.53. The number of carbonyl (C=O) groups is 1. The maximum absolute atomic E-state index is 13.2. The Kier molecular flexibility index (Phi) is 7.41. The molecule has 2 aromatic carbocycles. The van der Waals surface area contributed by atoms with E-state index < -0.39 is 0 Å². The number of benzene rings is 2. The fraction of sp³-hybridized carbons (Fsp3) is 0.304. The number of aliphatic imine (C=N–C) groups is 1. The van der Waals surface area contributed by atoms with E-state index in [0.717, 1.165) is 22.8 Å². The van der Waals surface area contributed by atoms with Gasteiger partial charge in [0.15, 0.2) is 16.7 Å². The van der Waals surface area contributed by atoms with Crippen LogP contribution >= 0.6 is 11.8 Å². The highest BCUT2D eigenvalue weighted by Gasteiger charge is 2.31. The smallest absolute Gasteiger partial charge is 0.283 e. The number of amidine groups is 1. The first-order chi connectivity index (χ1) is 14.6. The topological polar surface area (TPSA) is 60.4 Å². The average Bonchev–Trinajstić information content (AvgIpc) is 3.05. The molecule has 158 valence electrons. The molecular formula is C23H26N2O4S. The maximum atomic E-state index is 13.2. The molecule has 0 N–H and O–H groups in total. The predicted molar refractivity (Wildman–Crippen MR) is 123 cm³/mol. The van der Waals surface area contributed by atoms with Crippen LogP contribution in [0.2, 0.25) is 0 Å². The highest BCUT2D eigenvalue weighted by atomic mass is 32.2. The van der Waals surface area contributed by atoms with E-state index in [2.05, 4.69) is 4.99 Å². The molecule has 0 fully saturated rings. The number of rotatable bonds is 8. The average molecular weight is 427 g/mol. The molecule has 0 aliphatic carbocycles. The highest BCUT2D eigenvalue weighted by Crippen LogP contribution is 2.32. The number of methoxy groups -OCH3 is 1. The van der Waals surface area contributed by atoms with Crippen molar-refractivity contribution >= 4 is 34.6 Å². The fourth-order valence-corrected chi connectivity index (χ4v) is 3.75. The Bertz CT molecular complexity index is 954. The minimum absolute atomic E-state index is 0.164. The Hall–Kier alpha value is -2.93. The standard InChI is InChI=1S/C23H26N2O4S/c1-5-28-18-11-9-17(10-12-18)25-22(26)19(24-23(25)30-7-3)14-16-8-13-20(29-6-2)21(15-16)27-4/h8-15H,5-7H2,1-4H3/b19-14-. The van der Waals surface area contributed by atoms with Gasteiger partial charge in [0.1, 0.15) is 11.4 Å². The van der Waals surface area contributed by atoms with Gasteiger partial charge in [0.25, 0.3) is 5.91 Å². The van der Waals surface area contributed by atoms with Crippen LogP contribution in [0.15, 0.2) is 53.2 Å². The zero-order valence-corrected chi connectivity index (χ0v) is 18.5. The molecule has 0 saturated carbocycles. The van der Waals surface area contributed by atoms with Gasteiger partial charge in [0.05, 0.1) is 26.0 Å². The van der Waals surface area contributed by atoms with E-state index in [0.29, 0.717) is 35.6 Å². The third-order valence-electron chi connectivity index (χ3n) is 4.30. The quantitative estimate of drug-likeness (QED) is 0.557. The molecule has 3 rings (SSSR count). The summed E-state index contributed by atoms with van der Waals surface area (Å²) in [4.78, 5) is 19.4. The minimum Gasteiger partial charge on any atom is -0.494 e. The van der Waals surface area contributed by atoms with Crippen LogP contribution in [-0.4, -0.2) is 37.2 Å². The van der Waals surface area contributed by atoms with Crippen LogP contribution in [0, 0.1) is 0 Å². The van der Waals surface area contributed by atoms with Crippen LogP contribution in [0.4, 0.5) is 5.69 Å². The maximum Gasteiger partial charge on any atom is 0.283 e. The third-order valence-corrected chi connectivity index (χ3v) is 5.12. The van der Waals surface area contributed by atoms with E-state index in [1.807, 2.05) is 63.2 Å². The predicted octanol–water partition coefficient (Wildman–Crippen LogP) is 4.99. The molecule has 1 aliphatic rings. The number of hydrogen-bond donors (Lipinski definition) is 0. The van der Waals surface area contributed by atoms with Gasteiger partial charge >= 0.3 is 0 Å². The number of amides is 1. The summed E-state index contributed by atoms with van der Waals surface area (Å²) in [5, 5.41) is 0.663. The van der Waals surface area contributed by atoms with Crippen molar-refractivity contribution in [2.45, 2.75) is 20.8 Å². The Labute approximate surface area is 181 Å². The molecule has 1 aliphatic heterocycles. The van der Waals surface area contributed by atoms with Crippen LogP contribution in [0.3, 0.4) is 0 Å². The van der Waals surface area contributed by atoms with Crippen molar-refractivity contribution in [3.05, 3.63) is 53.7 Å². The van der Waals surface area contributed by atoms with Crippen molar-refractivity contribution < 1.29 is 19.0 Å². The first-order valence-electron chi connectivity index (χ1n) is 9.92. The number of anilines is 1. The molecule has 0 spiro atoms. The van der Waals surface area contributed by atoms with Crippen LogP contribution in [0.1, 0.15) is 26.3 Å². The van der Waals surface area contributed by atoms with Gasteiger partial charge in [-0.3, -0.25) is 9.69 Å². The SMILES string of the molecule is CCOc1ccc(N2C(=O)/C(=C/c3ccc(OCC)c(OC)c3)N=C2SCC)cc1. The van der Waals surface area contributed by atoms with Crippen molar-refractivity contribution in [3.63, 3.8) is 0 Å². The first kappa shape index (κ1) is 21.8. The second-order valence-electron chi connectivity index (χ2n) is 6.27. The van der Waals surface area contributed by atoms with E-state index in [9.17, 15) is 4.79 Å². The highest BCUT2D eigenvalue weighted by molar-refractivity contribution is 8.14. The third kappa shape index (κ3) is 4.79. The van der Waals surface area contributed by atoms with Crippen molar-refractivity contribution in [1.29, 1.82) is 0 Å². The van der Waals surface area contributed by atoms with E-state index in [4.69, 9.17) is 14.2 Å². The summed E-state index contributed by atoms with van der Waals surface area (Å²) in [7, 11) is 1.59. The molecule has 0 atom stereocenters. The number of hydrogen-bond acceptors (Lipinski definition) is 6. The second-order valence-corrected chi connectivity index (χ2v) is 7.50. The molecule has 0 unspecified atom stereocenters. The van der Waals surface area contributed by atoms with Crippen molar-refractivity contribution in [2.75, 3.05) is 31.0 Å². The van der Waals surface area contributed by atoms with Crippen LogP contribution in [0.25, 0.3) is 6.08 Å². The van der Waals surface area contributed by atoms with Gasteiger partial charge in [-0.25, -0.2) is 4.99 Å². The molecule has 7 heteroatoms. The Balaban J connectivity index is 1.92. The monoisotopic (exact) mass is 426 g/mol. The van der Waals surface area contributed by atoms with Crippen LogP contribution in [-0.2, 0) is 4.79 Å². The molecule has 0 radical (unpaired) electrons. The lowest BCUT2D eigenvalue weighted by Crippen LogP contribution is -2.30. The summed E-state index contributed by atoms with van der Waals surface area (Å²) in [5.41, 5.74) is 1.96. The lowest BCUT2D eigenvalue weighted by atomic mass is 10.1. The molecule has 6 nitrogen and oxygen atoms in total. The Morgan fingerprint density at radius 1 is 1.00 bits per heavy atom. The van der Waals surface area contributed by atoms with Gasteiger partial charge in [0, 0.05) is 0 Å². The van der Waals surface area contributed by atoms with Gasteiger partial charge in [-0.2, -0.15) is 0 Å². The summed E-state index contributed by atoms with van der Waals surface area (Å²) in [5.74, 6) is 2.70. The minimum atomic E-state index is -0.164. The molecular weight excluding hydrogens is 400 g/mol. The summed E-state index contributed by atoms with van der Waals surface area (Å²) in [6, 6.07) is 13.0. The molecule has 2 aromatic rings. The zero-order chi connectivity index (χ0) is 21.5. The van der Waals surface area contributed by atoms with Gasteiger partial charge in [-0.1, -0.05) is 24.8 Å². The number of nitrogens with zero attached hydrogens (tertiary/aromatic N) is 2. The van der Waals surface area contributed by atoms with Gasteiger partial charge in [0.2, 0.25) is 0 Å². The summed E-state index contributed by atoms with van der Waals surface area (Å²) in [6.07, 6.45) is 1.77. The number of carbonyl (C=O) groups excluding carboxylic acids is 1. The van der Waals surface area contributed by atoms with Crippen molar-refractivity contribution in [1.82, 2.24) is 0 Å². The van der Waals surface area contributed by atoms with Gasteiger partial charge < -0.3 is 14.2 Å². The summed E-state index contributed by atoms with van der Waals surface area (Å²) < 4.78 is 16.5. The molecule has 0 saturated heterocycles. The molecule has 0 bridgehead atoms. The lowest BCUT2D eigenvalue weighted by Gasteiger charge is -2.17. The fourth-order valence-electron chi connectivity index (χ4n) is 3.01. The molecule has 30 heavy (non-hydrogen) atoms. The lowest BCUT2D eigenvalue weighted by molar-refractivity contribution is -0.113. The Morgan fingerprint density at radius 3 is 2.37 bits per heavy atom. The van der Waals surface area contributed by atoms with Crippen LogP contribution < -0.4 is 19.1 Å². The molecule has 0 aromatic heterocycles.